The maximum absolute atomic E-state index is 12.2. The summed E-state index contributed by atoms with van der Waals surface area (Å²) in [7, 11) is 5.49. The predicted molar refractivity (Wildman–Crippen MR) is 108 cm³/mol. The van der Waals surface area contributed by atoms with Gasteiger partial charge in [0.15, 0.2) is 6.61 Å². The van der Waals surface area contributed by atoms with Crippen LogP contribution in [0.5, 0.6) is 0 Å². The Balaban J connectivity index is 1.94. The van der Waals surface area contributed by atoms with Crippen molar-refractivity contribution < 1.29 is 14.3 Å². The maximum atomic E-state index is 12.2. The van der Waals surface area contributed by atoms with Gasteiger partial charge in [0, 0.05) is 33.4 Å². The minimum atomic E-state index is -0.819. The van der Waals surface area contributed by atoms with Gasteiger partial charge in [0.05, 0.1) is 0 Å². The molecule has 0 aromatic heterocycles. The molecule has 2 rings (SSSR count). The first-order valence-electron chi connectivity index (χ1n) is 8.75. The van der Waals surface area contributed by atoms with Crippen LogP contribution >= 0.6 is 0 Å². The summed E-state index contributed by atoms with van der Waals surface area (Å²) >= 11 is 0. The number of hydrogen-bond acceptors (Lipinski definition) is 5. The number of anilines is 1. The van der Waals surface area contributed by atoms with Crippen LogP contribution in [0.4, 0.5) is 5.69 Å². The van der Waals surface area contributed by atoms with E-state index in [-0.39, 0.29) is 11.5 Å². The fourth-order valence-electron chi connectivity index (χ4n) is 2.43. The number of carbonyl (C=O) groups excluding carboxylic acids is 2. The van der Waals surface area contributed by atoms with E-state index in [0.717, 1.165) is 11.3 Å². The van der Waals surface area contributed by atoms with Crippen LogP contribution in [0.25, 0.3) is 6.08 Å². The van der Waals surface area contributed by atoms with Crippen LogP contribution in [0.15, 0.2) is 60.2 Å². The summed E-state index contributed by atoms with van der Waals surface area (Å²) in [6, 6.07) is 18.7. The van der Waals surface area contributed by atoms with Gasteiger partial charge in [0.1, 0.15) is 11.6 Å². The number of hydrogen-bond donors (Lipinski definition) is 0. The van der Waals surface area contributed by atoms with Crippen molar-refractivity contribution in [1.82, 2.24) is 4.90 Å². The molecule has 0 saturated carbocycles. The van der Waals surface area contributed by atoms with Crippen molar-refractivity contribution in [3.8, 4) is 6.07 Å². The van der Waals surface area contributed by atoms with Crippen molar-refractivity contribution in [2.24, 2.45) is 0 Å². The zero-order valence-electron chi connectivity index (χ0n) is 16.3. The van der Waals surface area contributed by atoms with E-state index in [1.54, 1.807) is 19.2 Å². The second-order valence-electron chi connectivity index (χ2n) is 6.47. The summed E-state index contributed by atoms with van der Waals surface area (Å²) < 4.78 is 5.02. The fraction of sp³-hybridized carbons (Fsp3) is 0.227. The molecular weight excluding hydrogens is 354 g/mol. The first kappa shape index (κ1) is 20.7. The third kappa shape index (κ3) is 5.99. The molecule has 6 heteroatoms. The Kier molecular flexibility index (Phi) is 7.35. The third-order valence-electron chi connectivity index (χ3n) is 4.08. The molecule has 0 fully saturated rings. The van der Waals surface area contributed by atoms with E-state index in [1.165, 1.54) is 11.0 Å². The average Bonchev–Trinajstić information content (AvgIpc) is 2.70. The van der Waals surface area contributed by atoms with Crippen LogP contribution in [0.3, 0.4) is 0 Å². The summed E-state index contributed by atoms with van der Waals surface area (Å²) in [6.45, 7) is -0.00283. The largest absolute Gasteiger partial charge is 0.451 e. The fourth-order valence-corrected chi connectivity index (χ4v) is 2.43. The van der Waals surface area contributed by atoms with Gasteiger partial charge in [-0.1, -0.05) is 42.5 Å². The Labute approximate surface area is 165 Å². The van der Waals surface area contributed by atoms with E-state index in [1.807, 2.05) is 67.5 Å². The summed E-state index contributed by atoms with van der Waals surface area (Å²) in [5.41, 5.74) is 2.52. The molecule has 0 aliphatic heterocycles. The SMILES string of the molecule is CN(Cc1ccccc1)C(=O)COC(=O)/C(C#N)=C/c1ccc(N(C)C)cc1. The Morgan fingerprint density at radius 2 is 1.68 bits per heavy atom. The lowest BCUT2D eigenvalue weighted by atomic mass is 10.1. The van der Waals surface area contributed by atoms with Crippen molar-refractivity contribution in [1.29, 1.82) is 5.26 Å². The van der Waals surface area contributed by atoms with Crippen LogP contribution in [0, 0.1) is 11.3 Å². The topological polar surface area (TPSA) is 73.6 Å². The number of likely N-dealkylation sites (N-methyl/N-ethyl adjacent to an activating group) is 1. The number of nitriles is 1. The van der Waals surface area contributed by atoms with Gasteiger partial charge in [0.25, 0.3) is 5.91 Å². The second kappa shape index (κ2) is 9.93. The summed E-state index contributed by atoms with van der Waals surface area (Å²) in [4.78, 5) is 27.7. The van der Waals surface area contributed by atoms with Gasteiger partial charge in [-0.15, -0.1) is 0 Å². The summed E-state index contributed by atoms with van der Waals surface area (Å²) in [6.07, 6.45) is 1.44. The molecule has 0 saturated heterocycles. The molecule has 6 nitrogen and oxygen atoms in total. The molecule has 0 N–H and O–H groups in total. The Morgan fingerprint density at radius 1 is 1.04 bits per heavy atom. The van der Waals surface area contributed by atoms with Gasteiger partial charge in [-0.25, -0.2) is 4.79 Å². The highest BCUT2D eigenvalue weighted by molar-refractivity contribution is 5.98. The monoisotopic (exact) mass is 377 g/mol. The first-order chi connectivity index (χ1) is 13.4. The van der Waals surface area contributed by atoms with Crippen molar-refractivity contribution in [2.75, 3.05) is 32.6 Å². The molecule has 0 heterocycles. The minimum Gasteiger partial charge on any atom is -0.451 e. The number of rotatable bonds is 7. The number of amides is 1. The maximum Gasteiger partial charge on any atom is 0.349 e. The van der Waals surface area contributed by atoms with E-state index in [4.69, 9.17) is 4.74 Å². The summed E-state index contributed by atoms with van der Waals surface area (Å²) in [5.74, 6) is -1.16. The van der Waals surface area contributed by atoms with E-state index in [2.05, 4.69) is 0 Å². The molecule has 2 aromatic rings. The van der Waals surface area contributed by atoms with E-state index in [0.29, 0.717) is 12.1 Å². The highest BCUT2D eigenvalue weighted by Gasteiger charge is 2.15. The molecular formula is C22H23N3O3. The quantitative estimate of drug-likeness (QED) is 0.421. The molecule has 0 spiro atoms. The van der Waals surface area contributed by atoms with Crippen LogP contribution in [0.1, 0.15) is 11.1 Å². The van der Waals surface area contributed by atoms with Crippen LogP contribution in [0.2, 0.25) is 0 Å². The Bertz CT molecular complexity index is 881. The molecule has 0 unspecified atom stereocenters. The predicted octanol–water partition coefficient (Wildman–Crippen LogP) is 2.86. The van der Waals surface area contributed by atoms with Crippen molar-refractivity contribution in [2.45, 2.75) is 6.54 Å². The smallest absolute Gasteiger partial charge is 0.349 e. The summed E-state index contributed by atoms with van der Waals surface area (Å²) in [5, 5.41) is 9.25. The van der Waals surface area contributed by atoms with Crippen molar-refractivity contribution >= 4 is 23.6 Å². The van der Waals surface area contributed by atoms with Gasteiger partial charge in [-0.2, -0.15) is 5.26 Å². The number of esters is 1. The lowest BCUT2D eigenvalue weighted by Crippen LogP contribution is -2.31. The zero-order valence-corrected chi connectivity index (χ0v) is 16.3. The van der Waals surface area contributed by atoms with Gasteiger partial charge in [-0.3, -0.25) is 4.79 Å². The molecule has 2 aromatic carbocycles. The van der Waals surface area contributed by atoms with E-state index >= 15 is 0 Å². The molecule has 0 aliphatic rings. The number of benzene rings is 2. The lowest BCUT2D eigenvalue weighted by Gasteiger charge is -2.17. The second-order valence-corrected chi connectivity index (χ2v) is 6.47. The standard InChI is InChI=1S/C22H23N3O3/c1-24(2)20-11-9-17(10-12-20)13-19(14-23)22(27)28-16-21(26)25(3)15-18-7-5-4-6-8-18/h4-13H,15-16H2,1-3H3/b19-13+. The van der Waals surface area contributed by atoms with Gasteiger partial charge >= 0.3 is 5.97 Å². The van der Waals surface area contributed by atoms with Crippen molar-refractivity contribution in [3.05, 3.63) is 71.3 Å². The lowest BCUT2D eigenvalue weighted by molar-refractivity contribution is -0.148. The molecule has 0 aliphatic carbocycles. The highest BCUT2D eigenvalue weighted by atomic mass is 16.5. The van der Waals surface area contributed by atoms with Crippen molar-refractivity contribution in [3.63, 3.8) is 0 Å². The minimum absolute atomic E-state index is 0.156. The van der Waals surface area contributed by atoms with E-state index < -0.39 is 12.6 Å². The highest BCUT2D eigenvalue weighted by Crippen LogP contribution is 2.15. The normalized spacial score (nSPS) is 10.7. The molecule has 28 heavy (non-hydrogen) atoms. The van der Waals surface area contributed by atoms with Gasteiger partial charge < -0.3 is 14.5 Å². The zero-order chi connectivity index (χ0) is 20.5. The number of carbonyl (C=O) groups is 2. The first-order valence-corrected chi connectivity index (χ1v) is 8.75. The molecule has 1 amide bonds. The van der Waals surface area contributed by atoms with Gasteiger partial charge in [0.2, 0.25) is 0 Å². The van der Waals surface area contributed by atoms with Crippen LogP contribution in [-0.2, 0) is 20.9 Å². The molecule has 0 radical (unpaired) electrons. The molecule has 0 bridgehead atoms. The Hall–Kier alpha value is -3.59. The van der Waals surface area contributed by atoms with Crippen LogP contribution in [-0.4, -0.2) is 44.5 Å². The van der Waals surface area contributed by atoms with E-state index in [9.17, 15) is 14.9 Å². The third-order valence-corrected chi connectivity index (χ3v) is 4.08. The number of nitrogens with zero attached hydrogens (tertiary/aromatic N) is 3. The van der Waals surface area contributed by atoms with Crippen LogP contribution < -0.4 is 4.90 Å². The van der Waals surface area contributed by atoms with Gasteiger partial charge in [-0.05, 0) is 29.3 Å². The Morgan fingerprint density at radius 3 is 2.25 bits per heavy atom. The average molecular weight is 377 g/mol. The number of ether oxygens (including phenoxy) is 1. The molecule has 144 valence electrons. The molecule has 0 atom stereocenters.